The first-order chi connectivity index (χ1) is 8.56. The number of aliphatic hydroxyl groups is 1. The van der Waals surface area contributed by atoms with Crippen LogP contribution in [-0.4, -0.2) is 30.6 Å². The molecule has 0 amide bonds. The standard InChI is InChI=1S/C15H23NOS/c1-11-4-9-14(17)15(10-11)18-13-7-5-12(6-8-13)16(2)3/h5-8,11,14-15,17H,4,9-10H2,1-3H3/t11-,14+,15+/m0/s1. The zero-order valence-electron chi connectivity index (χ0n) is 11.5. The summed E-state index contributed by atoms with van der Waals surface area (Å²) in [7, 11) is 4.10. The van der Waals surface area contributed by atoms with Crippen LogP contribution in [-0.2, 0) is 0 Å². The second-order valence-corrected chi connectivity index (χ2v) is 6.84. The fraction of sp³-hybridized carbons (Fsp3) is 0.600. The quantitative estimate of drug-likeness (QED) is 0.906. The molecule has 0 aliphatic heterocycles. The first-order valence-electron chi connectivity index (χ1n) is 6.68. The molecule has 18 heavy (non-hydrogen) atoms. The molecule has 1 aliphatic carbocycles. The minimum absolute atomic E-state index is 0.139. The molecular formula is C15H23NOS. The van der Waals surface area contributed by atoms with Gasteiger partial charge >= 0.3 is 0 Å². The molecule has 1 aliphatic rings. The molecule has 1 fully saturated rings. The van der Waals surface area contributed by atoms with Gasteiger partial charge in [0.15, 0.2) is 0 Å². The molecule has 100 valence electrons. The summed E-state index contributed by atoms with van der Waals surface area (Å²) < 4.78 is 0. The van der Waals surface area contributed by atoms with Gasteiger partial charge in [-0.1, -0.05) is 6.92 Å². The van der Waals surface area contributed by atoms with Crippen molar-refractivity contribution < 1.29 is 5.11 Å². The molecule has 0 aromatic heterocycles. The van der Waals surface area contributed by atoms with Crippen molar-refractivity contribution >= 4 is 17.4 Å². The second kappa shape index (κ2) is 5.98. The fourth-order valence-corrected chi connectivity index (χ4v) is 3.80. The molecule has 2 nitrogen and oxygen atoms in total. The largest absolute Gasteiger partial charge is 0.392 e. The van der Waals surface area contributed by atoms with Crippen LogP contribution in [0.5, 0.6) is 0 Å². The number of hydrogen-bond acceptors (Lipinski definition) is 3. The Labute approximate surface area is 114 Å². The van der Waals surface area contributed by atoms with Crippen molar-refractivity contribution in [3.05, 3.63) is 24.3 Å². The lowest BCUT2D eigenvalue weighted by Crippen LogP contribution is -2.30. The molecule has 3 heteroatoms. The maximum absolute atomic E-state index is 10.1. The number of aliphatic hydroxyl groups excluding tert-OH is 1. The van der Waals surface area contributed by atoms with Crippen molar-refractivity contribution in [2.75, 3.05) is 19.0 Å². The summed E-state index contributed by atoms with van der Waals surface area (Å²) in [6.45, 7) is 2.29. The van der Waals surface area contributed by atoms with Crippen molar-refractivity contribution in [3.63, 3.8) is 0 Å². The Kier molecular flexibility index (Phi) is 4.57. The van der Waals surface area contributed by atoms with Crippen LogP contribution in [0.1, 0.15) is 26.2 Å². The van der Waals surface area contributed by atoms with E-state index in [0.29, 0.717) is 5.25 Å². The SMILES string of the molecule is C[C@H]1CC[C@@H](O)[C@H](Sc2ccc(N(C)C)cc2)C1. The minimum Gasteiger partial charge on any atom is -0.392 e. The van der Waals surface area contributed by atoms with Gasteiger partial charge in [-0.15, -0.1) is 11.8 Å². The maximum atomic E-state index is 10.1. The smallest absolute Gasteiger partial charge is 0.0662 e. The number of anilines is 1. The summed E-state index contributed by atoms with van der Waals surface area (Å²) in [5, 5.41) is 10.4. The average Bonchev–Trinajstić information content (AvgIpc) is 2.34. The zero-order chi connectivity index (χ0) is 13.1. The van der Waals surface area contributed by atoms with Crippen LogP contribution >= 0.6 is 11.8 Å². The lowest BCUT2D eigenvalue weighted by Gasteiger charge is -2.31. The Morgan fingerprint density at radius 1 is 1.17 bits per heavy atom. The van der Waals surface area contributed by atoms with Crippen LogP contribution in [0.3, 0.4) is 0 Å². The van der Waals surface area contributed by atoms with Gasteiger partial charge in [-0.25, -0.2) is 0 Å². The van der Waals surface area contributed by atoms with Gasteiger partial charge in [0.1, 0.15) is 0 Å². The molecular weight excluding hydrogens is 242 g/mol. The molecule has 0 saturated heterocycles. The molecule has 0 spiro atoms. The monoisotopic (exact) mass is 265 g/mol. The van der Waals surface area contributed by atoms with Crippen molar-refractivity contribution in [1.82, 2.24) is 0 Å². The number of rotatable bonds is 3. The molecule has 0 heterocycles. The molecule has 0 radical (unpaired) electrons. The summed E-state index contributed by atoms with van der Waals surface area (Å²) in [4.78, 5) is 3.37. The second-order valence-electron chi connectivity index (χ2n) is 5.53. The van der Waals surface area contributed by atoms with Gasteiger partial charge in [0.25, 0.3) is 0 Å². The summed E-state index contributed by atoms with van der Waals surface area (Å²) in [5.74, 6) is 0.743. The van der Waals surface area contributed by atoms with Gasteiger partial charge in [0, 0.05) is 29.9 Å². The van der Waals surface area contributed by atoms with E-state index in [-0.39, 0.29) is 6.10 Å². The van der Waals surface area contributed by atoms with Crippen molar-refractivity contribution in [3.8, 4) is 0 Å². The predicted octanol–water partition coefficient (Wildman–Crippen LogP) is 3.39. The summed E-state index contributed by atoms with van der Waals surface area (Å²) in [6, 6.07) is 8.60. The van der Waals surface area contributed by atoms with Crippen LogP contribution in [0, 0.1) is 5.92 Å². The van der Waals surface area contributed by atoms with E-state index in [2.05, 4.69) is 50.2 Å². The Morgan fingerprint density at radius 2 is 1.83 bits per heavy atom. The zero-order valence-corrected chi connectivity index (χ0v) is 12.3. The maximum Gasteiger partial charge on any atom is 0.0662 e. The van der Waals surface area contributed by atoms with Gasteiger partial charge in [-0.05, 0) is 49.4 Å². The van der Waals surface area contributed by atoms with Crippen LogP contribution in [0.4, 0.5) is 5.69 Å². The molecule has 2 rings (SSSR count). The molecule has 3 atom stereocenters. The van der Waals surface area contributed by atoms with E-state index in [9.17, 15) is 5.11 Å². The highest BCUT2D eigenvalue weighted by Gasteiger charge is 2.27. The molecule has 0 unspecified atom stereocenters. The van der Waals surface area contributed by atoms with Gasteiger partial charge in [0.05, 0.1) is 6.10 Å². The third-order valence-electron chi connectivity index (χ3n) is 3.66. The summed E-state index contributed by atoms with van der Waals surface area (Å²) >= 11 is 1.83. The lowest BCUT2D eigenvalue weighted by atomic mass is 9.88. The van der Waals surface area contributed by atoms with Crippen LogP contribution in [0.25, 0.3) is 0 Å². The molecule has 1 N–H and O–H groups in total. The summed E-state index contributed by atoms with van der Waals surface area (Å²) in [6.07, 6.45) is 3.10. The lowest BCUT2D eigenvalue weighted by molar-refractivity contribution is 0.119. The van der Waals surface area contributed by atoms with E-state index in [0.717, 1.165) is 25.2 Å². The third-order valence-corrected chi connectivity index (χ3v) is 5.01. The number of benzene rings is 1. The van der Waals surface area contributed by atoms with Gasteiger partial charge in [0.2, 0.25) is 0 Å². The first-order valence-corrected chi connectivity index (χ1v) is 7.56. The van der Waals surface area contributed by atoms with Gasteiger partial charge in [-0.3, -0.25) is 0 Å². The highest BCUT2D eigenvalue weighted by atomic mass is 32.2. The Morgan fingerprint density at radius 3 is 2.44 bits per heavy atom. The van der Waals surface area contributed by atoms with Crippen LogP contribution in [0.2, 0.25) is 0 Å². The molecule has 1 saturated carbocycles. The van der Waals surface area contributed by atoms with Crippen LogP contribution < -0.4 is 4.90 Å². The number of thioether (sulfide) groups is 1. The topological polar surface area (TPSA) is 23.5 Å². The predicted molar refractivity (Wildman–Crippen MR) is 79.4 cm³/mol. The van der Waals surface area contributed by atoms with Crippen molar-refractivity contribution in [2.45, 2.75) is 42.4 Å². The van der Waals surface area contributed by atoms with Gasteiger partial charge in [-0.2, -0.15) is 0 Å². The van der Waals surface area contributed by atoms with Crippen molar-refractivity contribution in [2.24, 2.45) is 5.92 Å². The molecule has 0 bridgehead atoms. The summed E-state index contributed by atoms with van der Waals surface area (Å²) in [5.41, 5.74) is 1.22. The van der Waals surface area contributed by atoms with Crippen molar-refractivity contribution in [1.29, 1.82) is 0 Å². The van der Waals surface area contributed by atoms with E-state index in [1.165, 1.54) is 10.6 Å². The van der Waals surface area contributed by atoms with Crippen LogP contribution in [0.15, 0.2) is 29.2 Å². The number of nitrogens with zero attached hydrogens (tertiary/aromatic N) is 1. The third kappa shape index (κ3) is 3.42. The normalized spacial score (nSPS) is 28.1. The van der Waals surface area contributed by atoms with E-state index in [4.69, 9.17) is 0 Å². The van der Waals surface area contributed by atoms with E-state index < -0.39 is 0 Å². The molecule has 1 aromatic rings. The first kappa shape index (κ1) is 13.8. The Hall–Kier alpha value is -0.670. The Bertz CT molecular complexity index is 377. The van der Waals surface area contributed by atoms with E-state index in [1.54, 1.807) is 0 Å². The fourth-order valence-electron chi connectivity index (χ4n) is 2.44. The Balaban J connectivity index is 1.99. The van der Waals surface area contributed by atoms with E-state index in [1.807, 2.05) is 11.8 Å². The number of hydrogen-bond donors (Lipinski definition) is 1. The minimum atomic E-state index is -0.139. The molecule has 1 aromatic carbocycles. The van der Waals surface area contributed by atoms with E-state index >= 15 is 0 Å². The van der Waals surface area contributed by atoms with Gasteiger partial charge < -0.3 is 10.0 Å². The highest BCUT2D eigenvalue weighted by molar-refractivity contribution is 8.00. The average molecular weight is 265 g/mol. The highest BCUT2D eigenvalue weighted by Crippen LogP contribution is 2.36.